The largest absolute Gasteiger partial charge is 0.335 e. The molecule has 4 rings (SSSR count). The zero-order valence-corrected chi connectivity index (χ0v) is 14.9. The molecule has 4 nitrogen and oxygen atoms in total. The molecule has 6 heteroatoms. The van der Waals surface area contributed by atoms with Crippen LogP contribution in [-0.2, 0) is 6.54 Å². The SMILES string of the molecule is O=C(NC1CC1)N1CCN(Cc2ccc(-c3ccccc3F)s2)CC1. The molecule has 2 amide bonds. The van der Waals surface area contributed by atoms with Crippen molar-refractivity contribution in [3.8, 4) is 10.4 Å². The van der Waals surface area contributed by atoms with E-state index in [-0.39, 0.29) is 11.8 Å². The molecule has 2 aromatic rings. The number of nitrogens with zero attached hydrogens (tertiary/aromatic N) is 2. The molecule has 1 aromatic carbocycles. The second kappa shape index (κ2) is 7.14. The van der Waals surface area contributed by atoms with Gasteiger partial charge < -0.3 is 10.2 Å². The average Bonchev–Trinajstić information content (AvgIpc) is 3.32. The number of benzene rings is 1. The van der Waals surface area contributed by atoms with Crippen LogP contribution in [0.25, 0.3) is 10.4 Å². The average molecular weight is 359 g/mol. The summed E-state index contributed by atoms with van der Waals surface area (Å²) in [6.07, 6.45) is 2.24. The lowest BCUT2D eigenvalue weighted by molar-refractivity contribution is 0.135. The van der Waals surface area contributed by atoms with Crippen LogP contribution in [0.15, 0.2) is 36.4 Å². The van der Waals surface area contributed by atoms with Crippen LogP contribution in [0.1, 0.15) is 17.7 Å². The summed E-state index contributed by atoms with van der Waals surface area (Å²) in [5.41, 5.74) is 0.667. The maximum Gasteiger partial charge on any atom is 0.317 e. The van der Waals surface area contributed by atoms with E-state index in [1.165, 1.54) is 10.9 Å². The Bertz CT molecular complexity index is 751. The number of rotatable bonds is 4. The van der Waals surface area contributed by atoms with Crippen molar-refractivity contribution in [3.05, 3.63) is 47.1 Å². The predicted octanol–water partition coefficient (Wildman–Crippen LogP) is 3.54. The molecule has 1 aromatic heterocycles. The number of nitrogens with one attached hydrogen (secondary N) is 1. The number of amides is 2. The lowest BCUT2D eigenvalue weighted by atomic mass is 10.2. The van der Waals surface area contributed by atoms with Crippen LogP contribution in [-0.4, -0.2) is 48.1 Å². The lowest BCUT2D eigenvalue weighted by Gasteiger charge is -2.34. The Morgan fingerprint density at radius 3 is 2.60 bits per heavy atom. The number of carbonyl (C=O) groups excluding carboxylic acids is 1. The number of thiophene rings is 1. The minimum Gasteiger partial charge on any atom is -0.335 e. The first-order chi connectivity index (χ1) is 12.2. The molecular formula is C19H22FN3OS. The van der Waals surface area contributed by atoms with E-state index in [2.05, 4.69) is 16.3 Å². The van der Waals surface area contributed by atoms with Crippen LogP contribution in [0.3, 0.4) is 0 Å². The predicted molar refractivity (Wildman–Crippen MR) is 98.1 cm³/mol. The smallest absolute Gasteiger partial charge is 0.317 e. The van der Waals surface area contributed by atoms with Gasteiger partial charge in [0.05, 0.1) is 0 Å². The first-order valence-electron chi connectivity index (χ1n) is 8.80. The van der Waals surface area contributed by atoms with E-state index in [1.807, 2.05) is 23.1 Å². The Kier molecular flexibility index (Phi) is 4.72. The van der Waals surface area contributed by atoms with E-state index in [0.717, 1.165) is 50.4 Å². The van der Waals surface area contributed by atoms with Crippen molar-refractivity contribution in [3.63, 3.8) is 0 Å². The van der Waals surface area contributed by atoms with Gasteiger partial charge in [-0.2, -0.15) is 0 Å². The van der Waals surface area contributed by atoms with Crippen molar-refractivity contribution in [1.29, 1.82) is 0 Å². The Labute approximate surface area is 151 Å². The molecule has 1 N–H and O–H groups in total. The van der Waals surface area contributed by atoms with Gasteiger partial charge in [-0.25, -0.2) is 9.18 Å². The number of carbonyl (C=O) groups is 1. The highest BCUT2D eigenvalue weighted by molar-refractivity contribution is 7.15. The van der Waals surface area contributed by atoms with Crippen LogP contribution in [0.5, 0.6) is 0 Å². The number of hydrogen-bond acceptors (Lipinski definition) is 3. The lowest BCUT2D eigenvalue weighted by Crippen LogP contribution is -2.51. The summed E-state index contributed by atoms with van der Waals surface area (Å²) in [4.78, 5) is 18.5. The van der Waals surface area contributed by atoms with Crippen LogP contribution in [0, 0.1) is 5.82 Å². The van der Waals surface area contributed by atoms with Crippen molar-refractivity contribution >= 4 is 17.4 Å². The molecule has 25 heavy (non-hydrogen) atoms. The van der Waals surface area contributed by atoms with Gasteiger partial charge in [0.25, 0.3) is 0 Å². The van der Waals surface area contributed by atoms with Gasteiger partial charge in [0.15, 0.2) is 0 Å². The summed E-state index contributed by atoms with van der Waals surface area (Å²) < 4.78 is 13.9. The van der Waals surface area contributed by atoms with Gasteiger partial charge in [0.2, 0.25) is 0 Å². The van der Waals surface area contributed by atoms with Gasteiger partial charge in [-0.1, -0.05) is 18.2 Å². The van der Waals surface area contributed by atoms with Crippen molar-refractivity contribution in [2.45, 2.75) is 25.4 Å². The highest BCUT2D eigenvalue weighted by Crippen LogP contribution is 2.30. The second-order valence-electron chi connectivity index (χ2n) is 6.73. The molecule has 0 spiro atoms. The summed E-state index contributed by atoms with van der Waals surface area (Å²) in [5, 5.41) is 3.05. The fourth-order valence-electron chi connectivity index (χ4n) is 3.09. The first kappa shape index (κ1) is 16.5. The van der Waals surface area contributed by atoms with Gasteiger partial charge in [-0.05, 0) is 31.0 Å². The molecule has 2 heterocycles. The minimum absolute atomic E-state index is 0.0834. The normalized spacial score (nSPS) is 18.4. The molecule has 132 valence electrons. The third-order valence-electron chi connectivity index (χ3n) is 4.74. The van der Waals surface area contributed by atoms with E-state index >= 15 is 0 Å². The van der Waals surface area contributed by atoms with E-state index < -0.39 is 0 Å². The van der Waals surface area contributed by atoms with E-state index in [0.29, 0.717) is 11.6 Å². The van der Waals surface area contributed by atoms with Crippen LogP contribution >= 0.6 is 11.3 Å². The molecule has 2 aliphatic rings. The molecule has 1 aliphatic carbocycles. The molecule has 1 aliphatic heterocycles. The fraction of sp³-hybridized carbons (Fsp3) is 0.421. The Morgan fingerprint density at radius 2 is 1.88 bits per heavy atom. The van der Waals surface area contributed by atoms with E-state index in [1.54, 1.807) is 17.4 Å². The fourth-order valence-corrected chi connectivity index (χ4v) is 4.17. The van der Waals surface area contributed by atoms with Gasteiger partial charge in [0, 0.05) is 54.1 Å². The van der Waals surface area contributed by atoms with Crippen LogP contribution in [0.2, 0.25) is 0 Å². The Hall–Kier alpha value is -1.92. The highest BCUT2D eigenvalue weighted by Gasteiger charge is 2.27. The Balaban J connectivity index is 1.31. The summed E-state index contributed by atoms with van der Waals surface area (Å²) in [7, 11) is 0. The minimum atomic E-state index is -0.175. The molecule has 0 atom stereocenters. The molecule has 1 saturated heterocycles. The van der Waals surface area contributed by atoms with Crippen molar-refractivity contribution in [2.75, 3.05) is 26.2 Å². The third-order valence-corrected chi connectivity index (χ3v) is 5.85. The Morgan fingerprint density at radius 1 is 1.12 bits per heavy atom. The van der Waals surface area contributed by atoms with Gasteiger partial charge in [0.1, 0.15) is 5.82 Å². The summed E-state index contributed by atoms with van der Waals surface area (Å²) in [6, 6.07) is 11.5. The molecule has 0 bridgehead atoms. The first-order valence-corrected chi connectivity index (χ1v) is 9.62. The molecule has 0 radical (unpaired) electrons. The summed E-state index contributed by atoms with van der Waals surface area (Å²) in [5.74, 6) is -0.175. The maximum absolute atomic E-state index is 13.9. The number of urea groups is 1. The quantitative estimate of drug-likeness (QED) is 0.906. The number of hydrogen-bond donors (Lipinski definition) is 1. The summed E-state index contributed by atoms with van der Waals surface area (Å²) >= 11 is 1.64. The van der Waals surface area contributed by atoms with Gasteiger partial charge in [-0.15, -0.1) is 11.3 Å². The standard InChI is InChI=1S/C19H22FN3OS/c20-17-4-2-1-3-16(17)18-8-7-15(25-18)13-22-9-11-23(12-10-22)19(24)21-14-5-6-14/h1-4,7-8,14H,5-6,9-13H2,(H,21,24). The van der Waals surface area contributed by atoms with Gasteiger partial charge >= 0.3 is 6.03 Å². The zero-order chi connectivity index (χ0) is 17.2. The van der Waals surface area contributed by atoms with Gasteiger partial charge in [-0.3, -0.25) is 4.90 Å². The van der Waals surface area contributed by atoms with E-state index in [4.69, 9.17) is 0 Å². The number of halogens is 1. The number of piperazine rings is 1. The molecule has 1 saturated carbocycles. The topological polar surface area (TPSA) is 35.6 Å². The summed E-state index contributed by atoms with van der Waals surface area (Å²) in [6.45, 7) is 4.15. The highest BCUT2D eigenvalue weighted by atomic mass is 32.1. The zero-order valence-electron chi connectivity index (χ0n) is 14.1. The third kappa shape index (κ3) is 4.02. The monoisotopic (exact) mass is 359 g/mol. The van der Waals surface area contributed by atoms with Crippen LogP contribution < -0.4 is 5.32 Å². The van der Waals surface area contributed by atoms with Crippen molar-refractivity contribution < 1.29 is 9.18 Å². The molecular weight excluding hydrogens is 337 g/mol. The van der Waals surface area contributed by atoms with Crippen molar-refractivity contribution in [2.24, 2.45) is 0 Å². The van der Waals surface area contributed by atoms with Crippen molar-refractivity contribution in [1.82, 2.24) is 15.1 Å². The second-order valence-corrected chi connectivity index (χ2v) is 7.90. The van der Waals surface area contributed by atoms with Crippen LogP contribution in [0.4, 0.5) is 9.18 Å². The molecule has 0 unspecified atom stereocenters. The molecule has 2 fully saturated rings. The maximum atomic E-state index is 13.9. The van der Waals surface area contributed by atoms with E-state index in [9.17, 15) is 9.18 Å².